The molecule has 0 amide bonds. The molecule has 1 aromatic carbocycles. The van der Waals surface area contributed by atoms with Gasteiger partial charge in [0.25, 0.3) is 0 Å². The summed E-state index contributed by atoms with van der Waals surface area (Å²) < 4.78 is 5.71. The summed E-state index contributed by atoms with van der Waals surface area (Å²) in [6, 6.07) is 9.79. The van der Waals surface area contributed by atoms with Crippen LogP contribution in [0.15, 0.2) is 42.5 Å². The third kappa shape index (κ3) is 3.36. The van der Waals surface area contributed by atoms with Gasteiger partial charge in [-0.15, -0.1) is 0 Å². The van der Waals surface area contributed by atoms with E-state index in [9.17, 15) is 9.59 Å². The van der Waals surface area contributed by atoms with E-state index in [0.717, 1.165) is 31.2 Å². The number of benzene rings is 1. The molecule has 3 aliphatic carbocycles. The van der Waals surface area contributed by atoms with E-state index in [4.69, 9.17) is 4.74 Å². The summed E-state index contributed by atoms with van der Waals surface area (Å²) in [5.74, 6) is 0.203. The van der Waals surface area contributed by atoms with Crippen LogP contribution in [0.3, 0.4) is 0 Å². The summed E-state index contributed by atoms with van der Waals surface area (Å²) in [7, 11) is 0. The van der Waals surface area contributed by atoms with Crippen LogP contribution >= 0.6 is 0 Å². The van der Waals surface area contributed by atoms with Crippen molar-refractivity contribution in [1.82, 2.24) is 0 Å². The van der Waals surface area contributed by atoms with E-state index in [1.165, 1.54) is 19.3 Å². The highest BCUT2D eigenvalue weighted by atomic mass is 16.5. The molecule has 0 heterocycles. The molecule has 3 nitrogen and oxygen atoms in total. The standard InChI is InChI=1S/C23H28O3/c24-22-19-14-8-7-13-18(19)21(20(22)17-11-5-2-6-12-17)23(25)26-15-16-9-3-1-4-10-16/h1,3-4,7,9-10,13,17-21H,2,5-6,8,11-12,14-15H2. The fourth-order valence-electron chi connectivity index (χ4n) is 5.37. The lowest BCUT2D eigenvalue weighted by molar-refractivity contribution is -0.154. The molecule has 0 bridgehead atoms. The number of Topliss-reactive ketones (excluding diaryl/α,β-unsaturated/α-hetero) is 1. The van der Waals surface area contributed by atoms with Crippen LogP contribution < -0.4 is 0 Å². The van der Waals surface area contributed by atoms with Gasteiger partial charge in [0.05, 0.1) is 5.92 Å². The molecule has 2 fully saturated rings. The van der Waals surface area contributed by atoms with Crippen molar-refractivity contribution in [3.63, 3.8) is 0 Å². The van der Waals surface area contributed by atoms with Gasteiger partial charge in [-0.2, -0.15) is 0 Å². The number of carbonyl (C=O) groups excluding carboxylic acids is 2. The molecule has 0 N–H and O–H groups in total. The predicted octanol–water partition coefficient (Wildman–Crippen LogP) is 4.71. The maximum atomic E-state index is 13.2. The lowest BCUT2D eigenvalue weighted by atomic mass is 9.73. The van der Waals surface area contributed by atoms with Crippen LogP contribution in [0.4, 0.5) is 0 Å². The van der Waals surface area contributed by atoms with Gasteiger partial charge < -0.3 is 4.74 Å². The Morgan fingerprint density at radius 3 is 2.58 bits per heavy atom. The third-order valence-electron chi connectivity index (χ3n) is 6.62. The number of esters is 1. The predicted molar refractivity (Wildman–Crippen MR) is 100 cm³/mol. The molecule has 0 aliphatic heterocycles. The number of rotatable bonds is 4. The quantitative estimate of drug-likeness (QED) is 0.582. The van der Waals surface area contributed by atoms with Gasteiger partial charge in [0, 0.05) is 17.8 Å². The molecule has 0 radical (unpaired) electrons. The maximum absolute atomic E-state index is 13.2. The largest absolute Gasteiger partial charge is 0.461 e. The first kappa shape index (κ1) is 17.5. The first-order valence-corrected chi connectivity index (χ1v) is 10.2. The van der Waals surface area contributed by atoms with Crippen LogP contribution in [-0.2, 0) is 20.9 Å². The summed E-state index contributed by atoms with van der Waals surface area (Å²) >= 11 is 0. The molecule has 4 rings (SSSR count). The van der Waals surface area contributed by atoms with E-state index >= 15 is 0 Å². The minimum Gasteiger partial charge on any atom is -0.461 e. The van der Waals surface area contributed by atoms with Crippen molar-refractivity contribution in [2.45, 2.75) is 51.6 Å². The van der Waals surface area contributed by atoms with Crippen molar-refractivity contribution in [3.05, 3.63) is 48.0 Å². The number of ether oxygens (including phenoxy) is 1. The summed E-state index contributed by atoms with van der Waals surface area (Å²) in [6.45, 7) is 0.294. The van der Waals surface area contributed by atoms with Crippen LogP contribution in [0.1, 0.15) is 50.5 Å². The average molecular weight is 352 g/mol. The molecule has 0 saturated heterocycles. The first-order chi connectivity index (χ1) is 12.8. The summed E-state index contributed by atoms with van der Waals surface area (Å²) in [5, 5.41) is 0. The van der Waals surface area contributed by atoms with Gasteiger partial charge in [-0.1, -0.05) is 61.7 Å². The molecule has 26 heavy (non-hydrogen) atoms. The second-order valence-corrected chi connectivity index (χ2v) is 8.13. The van der Waals surface area contributed by atoms with Gasteiger partial charge in [-0.3, -0.25) is 9.59 Å². The average Bonchev–Trinajstić information content (AvgIpc) is 3.00. The molecule has 4 unspecified atom stereocenters. The van der Waals surface area contributed by atoms with Crippen LogP contribution in [-0.4, -0.2) is 11.8 Å². The highest BCUT2D eigenvalue weighted by molar-refractivity contribution is 5.93. The van der Waals surface area contributed by atoms with Crippen molar-refractivity contribution in [2.24, 2.45) is 29.6 Å². The van der Waals surface area contributed by atoms with Gasteiger partial charge >= 0.3 is 5.97 Å². The molecular weight excluding hydrogens is 324 g/mol. The molecular formula is C23H28O3. The Hall–Kier alpha value is -1.90. The monoisotopic (exact) mass is 352 g/mol. The first-order valence-electron chi connectivity index (χ1n) is 10.2. The van der Waals surface area contributed by atoms with Crippen molar-refractivity contribution in [3.8, 4) is 0 Å². The van der Waals surface area contributed by atoms with E-state index < -0.39 is 0 Å². The molecule has 1 aromatic rings. The second kappa shape index (κ2) is 7.77. The van der Waals surface area contributed by atoms with Gasteiger partial charge in [0.1, 0.15) is 12.4 Å². The van der Waals surface area contributed by atoms with E-state index in [1.807, 2.05) is 30.3 Å². The Morgan fingerprint density at radius 1 is 1.04 bits per heavy atom. The summed E-state index contributed by atoms with van der Waals surface area (Å²) in [5.41, 5.74) is 0.995. The second-order valence-electron chi connectivity index (χ2n) is 8.13. The lowest BCUT2D eigenvalue weighted by Gasteiger charge is -2.30. The fraction of sp³-hybridized carbons (Fsp3) is 0.565. The van der Waals surface area contributed by atoms with Crippen molar-refractivity contribution in [1.29, 1.82) is 0 Å². The van der Waals surface area contributed by atoms with Crippen molar-refractivity contribution in [2.75, 3.05) is 0 Å². The Bertz CT molecular complexity index is 672. The topological polar surface area (TPSA) is 43.4 Å². The maximum Gasteiger partial charge on any atom is 0.310 e. The van der Waals surface area contributed by atoms with E-state index in [2.05, 4.69) is 12.2 Å². The van der Waals surface area contributed by atoms with E-state index in [-0.39, 0.29) is 29.6 Å². The zero-order valence-electron chi connectivity index (χ0n) is 15.3. The smallest absolute Gasteiger partial charge is 0.310 e. The number of carbonyl (C=O) groups is 2. The number of hydrogen-bond donors (Lipinski definition) is 0. The van der Waals surface area contributed by atoms with Gasteiger partial charge in [0.15, 0.2) is 0 Å². The third-order valence-corrected chi connectivity index (χ3v) is 6.62. The molecule has 2 saturated carbocycles. The molecule has 3 aliphatic rings. The fourth-order valence-corrected chi connectivity index (χ4v) is 5.37. The Kier molecular flexibility index (Phi) is 5.23. The number of ketones is 1. The normalized spacial score (nSPS) is 31.6. The Morgan fingerprint density at radius 2 is 1.81 bits per heavy atom. The number of hydrogen-bond acceptors (Lipinski definition) is 3. The Balaban J connectivity index is 1.54. The van der Waals surface area contributed by atoms with E-state index in [1.54, 1.807) is 0 Å². The van der Waals surface area contributed by atoms with Gasteiger partial charge in [0.2, 0.25) is 0 Å². The van der Waals surface area contributed by atoms with Gasteiger partial charge in [-0.05, 0) is 37.2 Å². The number of allylic oxidation sites excluding steroid dienone is 2. The number of fused-ring (bicyclic) bond motifs is 1. The highest BCUT2D eigenvalue weighted by Crippen LogP contribution is 2.50. The molecule has 4 atom stereocenters. The van der Waals surface area contributed by atoms with Crippen molar-refractivity contribution < 1.29 is 14.3 Å². The molecule has 0 spiro atoms. The van der Waals surface area contributed by atoms with Crippen LogP contribution in [0.5, 0.6) is 0 Å². The SMILES string of the molecule is O=C1C2CCC=CC2C(C(=O)OCc2ccccc2)C1C1CCCCC1. The summed E-state index contributed by atoms with van der Waals surface area (Å²) in [4.78, 5) is 26.3. The highest BCUT2D eigenvalue weighted by Gasteiger charge is 2.55. The van der Waals surface area contributed by atoms with E-state index in [0.29, 0.717) is 18.3 Å². The minimum absolute atomic E-state index is 0.0289. The van der Waals surface area contributed by atoms with Crippen LogP contribution in [0, 0.1) is 29.6 Å². The van der Waals surface area contributed by atoms with Crippen molar-refractivity contribution >= 4 is 11.8 Å². The molecule has 3 heteroatoms. The molecule has 0 aromatic heterocycles. The lowest BCUT2D eigenvalue weighted by Crippen LogP contribution is -2.33. The van der Waals surface area contributed by atoms with Crippen LogP contribution in [0.25, 0.3) is 0 Å². The van der Waals surface area contributed by atoms with Gasteiger partial charge in [-0.25, -0.2) is 0 Å². The Labute approximate surface area is 155 Å². The zero-order chi connectivity index (χ0) is 17.9. The zero-order valence-corrected chi connectivity index (χ0v) is 15.3. The molecule has 138 valence electrons. The minimum atomic E-state index is -0.282. The summed E-state index contributed by atoms with van der Waals surface area (Å²) in [6.07, 6.45) is 11.9. The van der Waals surface area contributed by atoms with Crippen LogP contribution in [0.2, 0.25) is 0 Å².